The van der Waals surface area contributed by atoms with Crippen molar-refractivity contribution in [2.75, 3.05) is 11.9 Å². The molecule has 0 saturated heterocycles. The number of carbonyl (C=O) groups is 2. The van der Waals surface area contributed by atoms with Gasteiger partial charge in [0.15, 0.2) is 0 Å². The summed E-state index contributed by atoms with van der Waals surface area (Å²) in [6.45, 7) is 0.0941. The summed E-state index contributed by atoms with van der Waals surface area (Å²) in [6, 6.07) is 12.6. The molecule has 1 atom stereocenters. The molecule has 0 aromatic heterocycles. The van der Waals surface area contributed by atoms with Crippen LogP contribution < -0.4 is 16.8 Å². The molecule has 0 heterocycles. The lowest BCUT2D eigenvalue weighted by molar-refractivity contribution is -0.117. The Morgan fingerprint density at radius 2 is 1.82 bits per heavy atom. The number of nitrogens with one attached hydrogen (secondary N) is 1. The van der Waals surface area contributed by atoms with Crippen LogP contribution in [0.3, 0.4) is 0 Å². The van der Waals surface area contributed by atoms with Crippen molar-refractivity contribution in [1.82, 2.24) is 0 Å². The lowest BCUT2D eigenvalue weighted by atomic mass is 9.98. The minimum Gasteiger partial charge on any atom is -0.366 e. The van der Waals surface area contributed by atoms with E-state index in [1.165, 1.54) is 12.1 Å². The van der Waals surface area contributed by atoms with Crippen LogP contribution in [0.1, 0.15) is 21.8 Å². The summed E-state index contributed by atoms with van der Waals surface area (Å²) in [6.07, 6.45) is 0. The Morgan fingerprint density at radius 1 is 1.14 bits per heavy atom. The number of rotatable bonds is 5. The number of halogens is 1. The molecule has 6 heteroatoms. The minimum atomic E-state index is -0.735. The Hall–Kier alpha value is -2.73. The summed E-state index contributed by atoms with van der Waals surface area (Å²) < 4.78 is 13.9. The van der Waals surface area contributed by atoms with Crippen molar-refractivity contribution in [3.63, 3.8) is 0 Å². The molecule has 0 aliphatic heterocycles. The molecular formula is C16H16FN3O2. The Labute approximate surface area is 127 Å². The molecule has 0 radical (unpaired) electrons. The van der Waals surface area contributed by atoms with Crippen molar-refractivity contribution in [3.05, 3.63) is 65.5 Å². The van der Waals surface area contributed by atoms with Crippen LogP contribution in [0.4, 0.5) is 10.1 Å². The predicted molar refractivity (Wildman–Crippen MR) is 81.8 cm³/mol. The maximum absolute atomic E-state index is 13.9. The number of primary amides is 1. The lowest BCUT2D eigenvalue weighted by Gasteiger charge is -2.15. The summed E-state index contributed by atoms with van der Waals surface area (Å²) in [5.41, 5.74) is 11.5. The molecule has 0 fully saturated rings. The highest BCUT2D eigenvalue weighted by atomic mass is 19.1. The predicted octanol–water partition coefficient (Wildman–Crippen LogP) is 1.61. The van der Waals surface area contributed by atoms with E-state index >= 15 is 0 Å². The van der Waals surface area contributed by atoms with Gasteiger partial charge in [-0.2, -0.15) is 0 Å². The van der Waals surface area contributed by atoms with Gasteiger partial charge < -0.3 is 16.8 Å². The smallest absolute Gasteiger partial charge is 0.248 e. The van der Waals surface area contributed by atoms with Crippen LogP contribution in [0.15, 0.2) is 48.5 Å². The molecular weight excluding hydrogens is 285 g/mol. The zero-order chi connectivity index (χ0) is 16.1. The van der Waals surface area contributed by atoms with Gasteiger partial charge in [0.2, 0.25) is 11.8 Å². The highest BCUT2D eigenvalue weighted by molar-refractivity contribution is 5.97. The third-order valence-corrected chi connectivity index (χ3v) is 3.27. The molecule has 2 rings (SSSR count). The number of carbonyl (C=O) groups excluding carboxylic acids is 2. The first-order valence-corrected chi connectivity index (χ1v) is 6.68. The molecule has 2 aromatic carbocycles. The van der Waals surface area contributed by atoms with E-state index in [1.54, 1.807) is 24.3 Å². The van der Waals surface area contributed by atoms with Crippen LogP contribution in [0.2, 0.25) is 0 Å². The Kier molecular flexibility index (Phi) is 4.85. The van der Waals surface area contributed by atoms with Crippen molar-refractivity contribution >= 4 is 17.5 Å². The maximum Gasteiger partial charge on any atom is 0.248 e. The molecule has 22 heavy (non-hydrogen) atoms. The largest absolute Gasteiger partial charge is 0.366 e. The molecule has 0 bridgehead atoms. The van der Waals surface area contributed by atoms with Gasteiger partial charge in [0.05, 0.1) is 11.6 Å². The third kappa shape index (κ3) is 3.48. The van der Waals surface area contributed by atoms with Crippen molar-refractivity contribution in [2.45, 2.75) is 5.92 Å². The molecule has 0 aliphatic carbocycles. The van der Waals surface area contributed by atoms with Crippen LogP contribution in [0, 0.1) is 5.82 Å². The summed E-state index contributed by atoms with van der Waals surface area (Å²) in [7, 11) is 0. The Morgan fingerprint density at radius 3 is 2.36 bits per heavy atom. The molecule has 0 saturated carbocycles. The monoisotopic (exact) mass is 301 g/mol. The van der Waals surface area contributed by atoms with E-state index in [2.05, 4.69) is 5.32 Å². The van der Waals surface area contributed by atoms with Gasteiger partial charge in [0.1, 0.15) is 5.82 Å². The first-order chi connectivity index (χ1) is 10.5. The van der Waals surface area contributed by atoms with Gasteiger partial charge in [-0.3, -0.25) is 9.59 Å². The van der Waals surface area contributed by atoms with E-state index in [0.717, 1.165) is 11.6 Å². The molecule has 114 valence electrons. The SMILES string of the molecule is NC[C@H](C(=O)Nc1ccc(C(N)=O)cc1F)c1ccccc1. The molecule has 5 nitrogen and oxygen atoms in total. The molecule has 0 unspecified atom stereocenters. The summed E-state index contributed by atoms with van der Waals surface area (Å²) >= 11 is 0. The van der Waals surface area contributed by atoms with Gasteiger partial charge in [-0.1, -0.05) is 30.3 Å². The van der Waals surface area contributed by atoms with Gasteiger partial charge in [0, 0.05) is 12.1 Å². The van der Waals surface area contributed by atoms with Gasteiger partial charge >= 0.3 is 0 Å². The van der Waals surface area contributed by atoms with E-state index in [4.69, 9.17) is 11.5 Å². The number of benzene rings is 2. The van der Waals surface area contributed by atoms with E-state index in [1.807, 2.05) is 6.07 Å². The molecule has 0 spiro atoms. The summed E-state index contributed by atoms with van der Waals surface area (Å²) in [5, 5.41) is 2.48. The second-order valence-electron chi connectivity index (χ2n) is 4.75. The fraction of sp³-hybridized carbons (Fsp3) is 0.125. The Balaban J connectivity index is 2.19. The van der Waals surface area contributed by atoms with Crippen LogP contribution in [0.25, 0.3) is 0 Å². The number of hydrogen-bond acceptors (Lipinski definition) is 3. The molecule has 2 amide bonds. The van der Waals surface area contributed by atoms with Gasteiger partial charge in [-0.15, -0.1) is 0 Å². The number of hydrogen-bond donors (Lipinski definition) is 3. The minimum absolute atomic E-state index is 0.0237. The standard InChI is InChI=1S/C16H16FN3O2/c17-13-8-11(15(19)21)6-7-14(13)20-16(22)12(9-18)10-4-2-1-3-5-10/h1-8,12H,9,18H2,(H2,19,21)(H,20,22)/t12-/m0/s1. The molecule has 5 N–H and O–H groups in total. The van der Waals surface area contributed by atoms with Crippen molar-refractivity contribution < 1.29 is 14.0 Å². The average molecular weight is 301 g/mol. The average Bonchev–Trinajstić information content (AvgIpc) is 2.51. The normalized spacial score (nSPS) is 11.7. The highest BCUT2D eigenvalue weighted by Crippen LogP contribution is 2.20. The first-order valence-electron chi connectivity index (χ1n) is 6.68. The quantitative estimate of drug-likeness (QED) is 0.782. The van der Waals surface area contributed by atoms with Crippen LogP contribution in [-0.2, 0) is 4.79 Å². The second kappa shape index (κ2) is 6.82. The van der Waals surface area contributed by atoms with Gasteiger partial charge in [0.25, 0.3) is 0 Å². The number of nitrogens with two attached hydrogens (primary N) is 2. The van der Waals surface area contributed by atoms with Crippen LogP contribution >= 0.6 is 0 Å². The molecule has 2 aromatic rings. The van der Waals surface area contributed by atoms with Crippen molar-refractivity contribution in [3.8, 4) is 0 Å². The summed E-state index contributed by atoms with van der Waals surface area (Å²) in [5.74, 6) is -2.47. The van der Waals surface area contributed by atoms with Crippen LogP contribution in [-0.4, -0.2) is 18.4 Å². The fourth-order valence-corrected chi connectivity index (χ4v) is 2.07. The van der Waals surface area contributed by atoms with Crippen molar-refractivity contribution in [1.29, 1.82) is 0 Å². The maximum atomic E-state index is 13.9. The molecule has 0 aliphatic rings. The van der Waals surface area contributed by atoms with Gasteiger partial charge in [-0.05, 0) is 23.8 Å². The second-order valence-corrected chi connectivity index (χ2v) is 4.75. The zero-order valence-corrected chi connectivity index (χ0v) is 11.8. The third-order valence-electron chi connectivity index (χ3n) is 3.27. The highest BCUT2D eigenvalue weighted by Gasteiger charge is 2.20. The van der Waals surface area contributed by atoms with Crippen molar-refractivity contribution in [2.24, 2.45) is 11.5 Å². The number of anilines is 1. The van der Waals surface area contributed by atoms with E-state index < -0.39 is 23.5 Å². The Bertz CT molecular complexity index is 689. The topological polar surface area (TPSA) is 98.2 Å². The van der Waals surface area contributed by atoms with Crippen LogP contribution in [0.5, 0.6) is 0 Å². The fourth-order valence-electron chi connectivity index (χ4n) is 2.07. The summed E-state index contributed by atoms with van der Waals surface area (Å²) in [4.78, 5) is 23.2. The lowest BCUT2D eigenvalue weighted by Crippen LogP contribution is -2.27. The van der Waals surface area contributed by atoms with E-state index in [-0.39, 0.29) is 17.8 Å². The number of amides is 2. The first kappa shape index (κ1) is 15.7. The van der Waals surface area contributed by atoms with Gasteiger partial charge in [-0.25, -0.2) is 4.39 Å². The zero-order valence-electron chi connectivity index (χ0n) is 11.8. The van der Waals surface area contributed by atoms with E-state index in [0.29, 0.717) is 0 Å². The van der Waals surface area contributed by atoms with E-state index in [9.17, 15) is 14.0 Å².